The Bertz CT molecular complexity index is 507. The topological polar surface area (TPSA) is 24.9 Å². The number of aryl methyl sites for hydroxylation is 1. The molecule has 2 rings (SSSR count). The van der Waals surface area contributed by atoms with E-state index in [2.05, 4.69) is 63.7 Å². The lowest BCUT2D eigenvalue weighted by atomic mass is 10.1. The van der Waals surface area contributed by atoms with Gasteiger partial charge < -0.3 is 5.32 Å². The molecule has 0 aromatic carbocycles. The Kier molecular flexibility index (Phi) is 5.55. The molecule has 0 spiro atoms. The van der Waals surface area contributed by atoms with Crippen molar-refractivity contribution in [3.63, 3.8) is 0 Å². The summed E-state index contributed by atoms with van der Waals surface area (Å²) >= 11 is 5.43. The minimum Gasteiger partial charge on any atom is -0.309 e. The quantitative estimate of drug-likeness (QED) is 0.838. The molecular formula is C15H19BrN2S. The standard InChI is InChI=1S/C15H19BrN2S/c1-3-7-17-14(15-13(16)6-8-19-15)9-12-5-4-11(2)10-18-12/h4-6,8,10,14,17H,3,7,9H2,1-2H3. The zero-order valence-electron chi connectivity index (χ0n) is 11.3. The summed E-state index contributed by atoms with van der Waals surface area (Å²) in [5, 5.41) is 5.74. The first kappa shape index (κ1) is 14.7. The lowest BCUT2D eigenvalue weighted by molar-refractivity contribution is 0.530. The fraction of sp³-hybridized carbons (Fsp3) is 0.400. The fourth-order valence-corrected chi connectivity index (χ4v) is 3.68. The van der Waals surface area contributed by atoms with Gasteiger partial charge in [0, 0.05) is 33.7 Å². The summed E-state index contributed by atoms with van der Waals surface area (Å²) in [5.41, 5.74) is 2.35. The van der Waals surface area contributed by atoms with E-state index in [0.717, 1.165) is 25.1 Å². The van der Waals surface area contributed by atoms with Gasteiger partial charge in [0.2, 0.25) is 0 Å². The van der Waals surface area contributed by atoms with Gasteiger partial charge >= 0.3 is 0 Å². The predicted octanol–water partition coefficient (Wildman–Crippen LogP) is 4.50. The normalized spacial score (nSPS) is 12.6. The number of rotatable bonds is 6. The van der Waals surface area contributed by atoms with E-state index in [1.807, 2.05) is 6.20 Å². The summed E-state index contributed by atoms with van der Waals surface area (Å²) in [4.78, 5) is 5.87. The van der Waals surface area contributed by atoms with Gasteiger partial charge in [0.25, 0.3) is 0 Å². The van der Waals surface area contributed by atoms with Crippen molar-refractivity contribution in [2.45, 2.75) is 32.7 Å². The first-order valence-corrected chi connectivity index (χ1v) is 8.25. The van der Waals surface area contributed by atoms with E-state index in [9.17, 15) is 0 Å². The van der Waals surface area contributed by atoms with Crippen LogP contribution in [0.25, 0.3) is 0 Å². The van der Waals surface area contributed by atoms with Crippen LogP contribution in [0.1, 0.15) is 35.5 Å². The number of hydrogen-bond donors (Lipinski definition) is 1. The van der Waals surface area contributed by atoms with E-state index < -0.39 is 0 Å². The van der Waals surface area contributed by atoms with Gasteiger partial charge in [-0.25, -0.2) is 0 Å². The van der Waals surface area contributed by atoms with E-state index in [0.29, 0.717) is 6.04 Å². The summed E-state index contributed by atoms with van der Waals surface area (Å²) < 4.78 is 1.19. The maximum atomic E-state index is 4.52. The van der Waals surface area contributed by atoms with Crippen LogP contribution in [0.5, 0.6) is 0 Å². The van der Waals surface area contributed by atoms with Crippen LogP contribution in [0.15, 0.2) is 34.2 Å². The molecule has 0 radical (unpaired) electrons. The van der Waals surface area contributed by atoms with E-state index in [4.69, 9.17) is 0 Å². The number of nitrogens with one attached hydrogen (secondary N) is 1. The Labute approximate surface area is 127 Å². The predicted molar refractivity (Wildman–Crippen MR) is 85.7 cm³/mol. The number of nitrogens with zero attached hydrogens (tertiary/aromatic N) is 1. The average molecular weight is 339 g/mol. The van der Waals surface area contributed by atoms with Gasteiger partial charge in [0.1, 0.15) is 0 Å². The molecule has 1 atom stereocenters. The lowest BCUT2D eigenvalue weighted by Crippen LogP contribution is -2.24. The Morgan fingerprint density at radius 3 is 2.79 bits per heavy atom. The van der Waals surface area contributed by atoms with Gasteiger partial charge in [0.05, 0.1) is 0 Å². The zero-order chi connectivity index (χ0) is 13.7. The molecule has 2 aromatic rings. The zero-order valence-corrected chi connectivity index (χ0v) is 13.7. The molecule has 0 saturated carbocycles. The first-order chi connectivity index (χ1) is 9.20. The second-order valence-corrected chi connectivity index (χ2v) is 6.47. The fourth-order valence-electron chi connectivity index (χ4n) is 1.96. The van der Waals surface area contributed by atoms with Crippen LogP contribution in [0.4, 0.5) is 0 Å². The van der Waals surface area contributed by atoms with Crippen molar-refractivity contribution in [3.8, 4) is 0 Å². The second kappa shape index (κ2) is 7.17. The van der Waals surface area contributed by atoms with Crippen molar-refractivity contribution in [1.29, 1.82) is 0 Å². The molecule has 2 heterocycles. The smallest absolute Gasteiger partial charge is 0.0482 e. The molecule has 102 valence electrons. The molecule has 19 heavy (non-hydrogen) atoms. The van der Waals surface area contributed by atoms with Gasteiger partial charge in [-0.05, 0) is 58.9 Å². The van der Waals surface area contributed by atoms with Crippen molar-refractivity contribution in [1.82, 2.24) is 10.3 Å². The number of thiophene rings is 1. The molecule has 1 unspecified atom stereocenters. The Hall–Kier alpha value is -0.710. The van der Waals surface area contributed by atoms with E-state index >= 15 is 0 Å². The van der Waals surface area contributed by atoms with Crippen LogP contribution in [-0.2, 0) is 6.42 Å². The van der Waals surface area contributed by atoms with Gasteiger partial charge in [-0.1, -0.05) is 13.0 Å². The highest BCUT2D eigenvalue weighted by atomic mass is 79.9. The SMILES string of the molecule is CCCNC(Cc1ccc(C)cn1)c1sccc1Br. The molecule has 0 aliphatic carbocycles. The van der Waals surface area contributed by atoms with Crippen molar-refractivity contribution in [2.75, 3.05) is 6.54 Å². The molecule has 0 amide bonds. The van der Waals surface area contributed by atoms with Gasteiger partial charge in [0.15, 0.2) is 0 Å². The van der Waals surface area contributed by atoms with E-state index in [1.54, 1.807) is 11.3 Å². The number of pyridine rings is 1. The molecule has 0 aliphatic rings. The van der Waals surface area contributed by atoms with Crippen molar-refractivity contribution in [3.05, 3.63) is 50.4 Å². The number of aromatic nitrogens is 1. The summed E-state index contributed by atoms with van der Waals surface area (Å²) in [7, 11) is 0. The van der Waals surface area contributed by atoms with Gasteiger partial charge in [-0.3, -0.25) is 4.98 Å². The summed E-state index contributed by atoms with van der Waals surface area (Å²) in [6.07, 6.45) is 4.01. The number of halogens is 1. The number of hydrogen-bond acceptors (Lipinski definition) is 3. The average Bonchev–Trinajstić information content (AvgIpc) is 2.83. The third kappa shape index (κ3) is 4.13. The van der Waals surface area contributed by atoms with E-state index in [-0.39, 0.29) is 0 Å². The first-order valence-electron chi connectivity index (χ1n) is 6.58. The summed E-state index contributed by atoms with van der Waals surface area (Å²) in [5.74, 6) is 0. The molecule has 0 fully saturated rings. The molecule has 2 aromatic heterocycles. The molecule has 0 bridgehead atoms. The molecular weight excluding hydrogens is 320 g/mol. The molecule has 1 N–H and O–H groups in total. The second-order valence-electron chi connectivity index (χ2n) is 4.67. The van der Waals surface area contributed by atoms with Crippen LogP contribution in [-0.4, -0.2) is 11.5 Å². The highest BCUT2D eigenvalue weighted by molar-refractivity contribution is 9.10. The third-order valence-corrected chi connectivity index (χ3v) is 4.97. The van der Waals surface area contributed by atoms with Crippen molar-refractivity contribution in [2.24, 2.45) is 0 Å². The van der Waals surface area contributed by atoms with Crippen LogP contribution in [0.3, 0.4) is 0 Å². The maximum Gasteiger partial charge on any atom is 0.0482 e. The molecule has 0 saturated heterocycles. The Morgan fingerprint density at radius 1 is 1.37 bits per heavy atom. The Balaban J connectivity index is 2.14. The molecule has 4 heteroatoms. The minimum absolute atomic E-state index is 0.338. The lowest BCUT2D eigenvalue weighted by Gasteiger charge is -2.17. The highest BCUT2D eigenvalue weighted by Crippen LogP contribution is 2.30. The minimum atomic E-state index is 0.338. The van der Waals surface area contributed by atoms with Gasteiger partial charge in [-0.2, -0.15) is 0 Å². The summed E-state index contributed by atoms with van der Waals surface area (Å²) in [6.45, 7) is 5.29. The Morgan fingerprint density at radius 2 is 2.21 bits per heavy atom. The van der Waals surface area contributed by atoms with Crippen LogP contribution < -0.4 is 5.32 Å². The summed E-state index contributed by atoms with van der Waals surface area (Å²) in [6, 6.07) is 6.70. The largest absolute Gasteiger partial charge is 0.309 e. The van der Waals surface area contributed by atoms with E-state index in [1.165, 1.54) is 14.9 Å². The van der Waals surface area contributed by atoms with Crippen molar-refractivity contribution >= 4 is 27.3 Å². The maximum absolute atomic E-state index is 4.52. The van der Waals surface area contributed by atoms with Crippen LogP contribution in [0, 0.1) is 6.92 Å². The van der Waals surface area contributed by atoms with Crippen molar-refractivity contribution < 1.29 is 0 Å². The molecule has 2 nitrogen and oxygen atoms in total. The van der Waals surface area contributed by atoms with Crippen LogP contribution >= 0.6 is 27.3 Å². The monoisotopic (exact) mass is 338 g/mol. The third-order valence-electron chi connectivity index (χ3n) is 2.99. The van der Waals surface area contributed by atoms with Crippen LogP contribution in [0.2, 0.25) is 0 Å². The highest BCUT2D eigenvalue weighted by Gasteiger charge is 2.16. The molecule has 0 aliphatic heterocycles. The van der Waals surface area contributed by atoms with Gasteiger partial charge in [-0.15, -0.1) is 11.3 Å².